The van der Waals surface area contributed by atoms with Crippen LogP contribution in [0.25, 0.3) is 33.2 Å². The molecule has 150 valence electrons. The van der Waals surface area contributed by atoms with Gasteiger partial charge in [-0.25, -0.2) is 0 Å². The van der Waals surface area contributed by atoms with Crippen molar-refractivity contribution in [2.45, 2.75) is 6.92 Å². The molecule has 1 aromatic heterocycles. The number of hydrogen-bond acceptors (Lipinski definition) is 5. The Bertz CT molecular complexity index is 1270. The molecule has 30 heavy (non-hydrogen) atoms. The minimum Gasteiger partial charge on any atom is -0.497 e. The van der Waals surface area contributed by atoms with Gasteiger partial charge < -0.3 is 15.2 Å². The highest BCUT2D eigenvalue weighted by molar-refractivity contribution is 5.98. The van der Waals surface area contributed by atoms with E-state index in [0.717, 1.165) is 38.7 Å². The van der Waals surface area contributed by atoms with Gasteiger partial charge in [0.15, 0.2) is 0 Å². The van der Waals surface area contributed by atoms with E-state index in [1.165, 1.54) is 0 Å². The minimum atomic E-state index is -0.447. The van der Waals surface area contributed by atoms with E-state index in [4.69, 9.17) is 15.2 Å². The molecule has 4 aromatic rings. The maximum atomic E-state index is 11.6. The van der Waals surface area contributed by atoms with E-state index in [0.29, 0.717) is 17.1 Å². The molecular formula is C24H21N3O3. The number of primary amides is 1. The van der Waals surface area contributed by atoms with Gasteiger partial charge >= 0.3 is 0 Å². The number of benzene rings is 3. The molecule has 0 aliphatic rings. The van der Waals surface area contributed by atoms with Gasteiger partial charge in [0.1, 0.15) is 17.2 Å². The summed E-state index contributed by atoms with van der Waals surface area (Å²) in [5.41, 5.74) is 10.5. The summed E-state index contributed by atoms with van der Waals surface area (Å²) in [5, 5.41) is 10.4. The zero-order valence-corrected chi connectivity index (χ0v) is 17.0. The molecule has 1 amide bonds. The largest absolute Gasteiger partial charge is 0.497 e. The van der Waals surface area contributed by atoms with Crippen molar-refractivity contribution in [3.8, 4) is 33.9 Å². The second-order valence-electron chi connectivity index (χ2n) is 6.96. The fourth-order valence-corrected chi connectivity index (χ4v) is 3.53. The smallest absolute Gasteiger partial charge is 0.248 e. The van der Waals surface area contributed by atoms with E-state index in [9.17, 15) is 4.79 Å². The van der Waals surface area contributed by atoms with Crippen molar-refractivity contribution in [2.24, 2.45) is 5.73 Å². The average Bonchev–Trinajstić information content (AvgIpc) is 2.78. The number of fused-ring (bicyclic) bond motifs is 1. The summed E-state index contributed by atoms with van der Waals surface area (Å²) in [6.07, 6.45) is 1.73. The summed E-state index contributed by atoms with van der Waals surface area (Å²) in [7, 11) is 3.23. The standard InChI is InChI=1S/C24H21N3O3/c1-14-4-5-16(24(25)28)11-21(14)15-6-8-19-17(10-15)13-26-27-23(19)20-9-7-18(29-2)12-22(20)30-3/h4-13H,1-3H3,(H2,25,28). The number of aromatic nitrogens is 2. The quantitative estimate of drug-likeness (QED) is 0.538. The monoisotopic (exact) mass is 399 g/mol. The maximum Gasteiger partial charge on any atom is 0.248 e. The first-order valence-electron chi connectivity index (χ1n) is 9.40. The van der Waals surface area contributed by atoms with Gasteiger partial charge in [-0.15, -0.1) is 5.10 Å². The van der Waals surface area contributed by atoms with Crippen LogP contribution in [-0.4, -0.2) is 30.3 Å². The van der Waals surface area contributed by atoms with Crippen LogP contribution in [0.3, 0.4) is 0 Å². The molecule has 0 saturated carbocycles. The summed E-state index contributed by atoms with van der Waals surface area (Å²) < 4.78 is 10.8. The zero-order valence-electron chi connectivity index (χ0n) is 17.0. The second kappa shape index (κ2) is 7.83. The van der Waals surface area contributed by atoms with Gasteiger partial charge in [-0.2, -0.15) is 5.10 Å². The lowest BCUT2D eigenvalue weighted by Crippen LogP contribution is -2.10. The van der Waals surface area contributed by atoms with Crippen LogP contribution in [0.5, 0.6) is 11.5 Å². The first-order valence-corrected chi connectivity index (χ1v) is 9.40. The lowest BCUT2D eigenvalue weighted by Gasteiger charge is -2.13. The number of carbonyl (C=O) groups excluding carboxylic acids is 1. The fraction of sp³-hybridized carbons (Fsp3) is 0.125. The van der Waals surface area contributed by atoms with Crippen LogP contribution in [0.2, 0.25) is 0 Å². The molecule has 1 heterocycles. The Hall–Kier alpha value is -3.93. The van der Waals surface area contributed by atoms with Crippen LogP contribution in [0.1, 0.15) is 15.9 Å². The van der Waals surface area contributed by atoms with Gasteiger partial charge in [-0.3, -0.25) is 4.79 Å². The molecule has 0 unspecified atom stereocenters. The number of nitrogens with two attached hydrogens (primary N) is 1. The van der Waals surface area contributed by atoms with Crippen LogP contribution in [0, 0.1) is 6.92 Å². The van der Waals surface area contributed by atoms with Crippen molar-refractivity contribution >= 4 is 16.7 Å². The average molecular weight is 399 g/mol. The number of aryl methyl sites for hydroxylation is 1. The SMILES string of the molecule is COc1ccc(-c2nncc3cc(-c4cc(C(N)=O)ccc4C)ccc23)c(OC)c1. The predicted octanol–water partition coefficient (Wildman–Crippen LogP) is 4.39. The Labute approximate surface area is 174 Å². The van der Waals surface area contributed by atoms with Crippen LogP contribution in [0.15, 0.2) is 60.8 Å². The van der Waals surface area contributed by atoms with Crippen molar-refractivity contribution in [3.05, 3.63) is 71.9 Å². The van der Waals surface area contributed by atoms with E-state index in [1.807, 2.05) is 55.5 Å². The van der Waals surface area contributed by atoms with Crippen LogP contribution in [-0.2, 0) is 0 Å². The molecule has 0 fully saturated rings. The molecule has 2 N–H and O–H groups in total. The first kappa shape index (κ1) is 19.4. The third-order valence-electron chi connectivity index (χ3n) is 5.16. The number of methoxy groups -OCH3 is 2. The topological polar surface area (TPSA) is 87.3 Å². The Kier molecular flexibility index (Phi) is 5.06. The van der Waals surface area contributed by atoms with Gasteiger partial charge in [0.25, 0.3) is 0 Å². The lowest BCUT2D eigenvalue weighted by molar-refractivity contribution is 0.100. The first-order chi connectivity index (χ1) is 14.5. The summed E-state index contributed by atoms with van der Waals surface area (Å²) in [5.74, 6) is 0.915. The fourth-order valence-electron chi connectivity index (χ4n) is 3.53. The van der Waals surface area contributed by atoms with E-state index >= 15 is 0 Å². The summed E-state index contributed by atoms with van der Waals surface area (Å²) in [6, 6.07) is 17.1. The van der Waals surface area contributed by atoms with Gasteiger partial charge in [-0.05, 0) is 53.9 Å². The van der Waals surface area contributed by atoms with Gasteiger partial charge in [0, 0.05) is 28.0 Å². The predicted molar refractivity (Wildman–Crippen MR) is 117 cm³/mol. The van der Waals surface area contributed by atoms with Crippen molar-refractivity contribution in [2.75, 3.05) is 14.2 Å². The molecule has 0 saturated heterocycles. The molecule has 0 aliphatic heterocycles. The highest BCUT2D eigenvalue weighted by atomic mass is 16.5. The van der Waals surface area contributed by atoms with Crippen LogP contribution in [0.4, 0.5) is 0 Å². The molecule has 0 bridgehead atoms. The molecular weight excluding hydrogens is 378 g/mol. The molecule has 0 spiro atoms. The molecule has 6 nitrogen and oxygen atoms in total. The lowest BCUT2D eigenvalue weighted by atomic mass is 9.95. The molecule has 3 aromatic carbocycles. The third kappa shape index (κ3) is 3.43. The van der Waals surface area contributed by atoms with Crippen LogP contribution >= 0.6 is 0 Å². The highest BCUT2D eigenvalue weighted by Crippen LogP contribution is 2.37. The molecule has 4 rings (SSSR count). The number of amides is 1. The van der Waals surface area contributed by atoms with Crippen LogP contribution < -0.4 is 15.2 Å². The van der Waals surface area contributed by atoms with Gasteiger partial charge in [-0.1, -0.05) is 18.2 Å². The maximum absolute atomic E-state index is 11.6. The number of rotatable bonds is 5. The summed E-state index contributed by atoms with van der Waals surface area (Å²) in [4.78, 5) is 11.6. The normalized spacial score (nSPS) is 10.8. The number of ether oxygens (including phenoxy) is 2. The van der Waals surface area contributed by atoms with Crippen molar-refractivity contribution in [3.63, 3.8) is 0 Å². The van der Waals surface area contributed by atoms with E-state index in [2.05, 4.69) is 10.2 Å². The molecule has 0 atom stereocenters. The Morgan fingerprint density at radius 3 is 2.50 bits per heavy atom. The Morgan fingerprint density at radius 1 is 0.933 bits per heavy atom. The Balaban J connectivity index is 1.87. The van der Waals surface area contributed by atoms with E-state index in [1.54, 1.807) is 26.5 Å². The molecule has 6 heteroatoms. The minimum absolute atomic E-state index is 0.447. The van der Waals surface area contributed by atoms with Crippen molar-refractivity contribution < 1.29 is 14.3 Å². The summed E-state index contributed by atoms with van der Waals surface area (Å²) >= 11 is 0. The van der Waals surface area contributed by atoms with E-state index < -0.39 is 5.91 Å². The number of carbonyl (C=O) groups is 1. The van der Waals surface area contributed by atoms with Crippen molar-refractivity contribution in [1.29, 1.82) is 0 Å². The molecule has 0 radical (unpaired) electrons. The third-order valence-corrected chi connectivity index (χ3v) is 5.16. The summed E-state index contributed by atoms with van der Waals surface area (Å²) in [6.45, 7) is 2.00. The number of nitrogens with zero attached hydrogens (tertiary/aromatic N) is 2. The molecule has 0 aliphatic carbocycles. The van der Waals surface area contributed by atoms with E-state index in [-0.39, 0.29) is 0 Å². The number of hydrogen-bond donors (Lipinski definition) is 1. The zero-order chi connectivity index (χ0) is 21.3. The van der Waals surface area contributed by atoms with Gasteiger partial charge in [0.2, 0.25) is 5.91 Å². The Morgan fingerprint density at radius 2 is 1.77 bits per heavy atom. The second-order valence-corrected chi connectivity index (χ2v) is 6.96. The highest BCUT2D eigenvalue weighted by Gasteiger charge is 2.14. The van der Waals surface area contributed by atoms with Crippen molar-refractivity contribution in [1.82, 2.24) is 10.2 Å². The van der Waals surface area contributed by atoms with Gasteiger partial charge in [0.05, 0.1) is 20.4 Å².